The molecular formula is C21H23N3O6. The molecule has 158 valence electrons. The zero-order chi connectivity index (χ0) is 22.4. The summed E-state index contributed by atoms with van der Waals surface area (Å²) in [4.78, 5) is 48.4. The Labute approximate surface area is 173 Å². The van der Waals surface area contributed by atoms with E-state index in [4.69, 9.17) is 4.74 Å². The SMILES string of the molecule is Cc1ccc(NC(=O)CN(C)C(=O)[C@@H](C)OC(=O)c2ccc(C)c([N+](=O)[O-])c2)cc1. The molecule has 9 nitrogen and oxygen atoms in total. The van der Waals surface area contributed by atoms with Crippen molar-refractivity contribution in [2.75, 3.05) is 18.9 Å². The van der Waals surface area contributed by atoms with Gasteiger partial charge >= 0.3 is 5.97 Å². The van der Waals surface area contributed by atoms with Crippen molar-refractivity contribution in [3.05, 3.63) is 69.3 Å². The number of hydrogen-bond donors (Lipinski definition) is 1. The number of aryl methyl sites for hydroxylation is 2. The van der Waals surface area contributed by atoms with Crippen molar-refractivity contribution in [3.63, 3.8) is 0 Å². The van der Waals surface area contributed by atoms with Gasteiger partial charge in [0.05, 0.1) is 17.0 Å². The molecule has 9 heteroatoms. The summed E-state index contributed by atoms with van der Waals surface area (Å²) in [7, 11) is 1.41. The molecule has 0 radical (unpaired) electrons. The van der Waals surface area contributed by atoms with Crippen LogP contribution in [0.3, 0.4) is 0 Å². The molecule has 2 aromatic carbocycles. The second kappa shape index (κ2) is 9.64. The van der Waals surface area contributed by atoms with Gasteiger partial charge in [-0.3, -0.25) is 19.7 Å². The van der Waals surface area contributed by atoms with E-state index in [1.807, 2.05) is 19.1 Å². The Hall–Kier alpha value is -3.75. The number of nitrogens with zero attached hydrogens (tertiary/aromatic N) is 2. The molecule has 0 aliphatic heterocycles. The summed E-state index contributed by atoms with van der Waals surface area (Å²) in [6, 6.07) is 11.1. The van der Waals surface area contributed by atoms with Gasteiger partial charge in [0, 0.05) is 24.4 Å². The van der Waals surface area contributed by atoms with Crippen LogP contribution in [-0.2, 0) is 14.3 Å². The number of amides is 2. The first-order chi connectivity index (χ1) is 14.1. The van der Waals surface area contributed by atoms with Crippen LogP contribution >= 0.6 is 0 Å². The molecule has 30 heavy (non-hydrogen) atoms. The summed E-state index contributed by atoms with van der Waals surface area (Å²) < 4.78 is 5.12. The molecule has 0 unspecified atom stereocenters. The topological polar surface area (TPSA) is 119 Å². The average Bonchev–Trinajstić information content (AvgIpc) is 2.68. The van der Waals surface area contributed by atoms with E-state index in [1.165, 1.54) is 26.1 Å². The number of rotatable bonds is 7. The molecule has 0 saturated carbocycles. The highest BCUT2D eigenvalue weighted by molar-refractivity contribution is 5.96. The lowest BCUT2D eigenvalue weighted by molar-refractivity contribution is -0.385. The number of likely N-dealkylation sites (N-methyl/N-ethyl adjacent to an activating group) is 1. The summed E-state index contributed by atoms with van der Waals surface area (Å²) in [6.07, 6.45) is -1.17. The van der Waals surface area contributed by atoms with Crippen molar-refractivity contribution in [1.29, 1.82) is 0 Å². The van der Waals surface area contributed by atoms with Crippen molar-refractivity contribution in [2.24, 2.45) is 0 Å². The predicted octanol–water partition coefficient (Wildman–Crippen LogP) is 2.85. The molecule has 2 aromatic rings. The third-order valence-electron chi connectivity index (χ3n) is 4.37. The molecule has 0 aliphatic rings. The van der Waals surface area contributed by atoms with Crippen molar-refractivity contribution < 1.29 is 24.0 Å². The second-order valence-corrected chi connectivity index (χ2v) is 6.91. The van der Waals surface area contributed by atoms with Gasteiger partial charge in [0.1, 0.15) is 0 Å². The fourth-order valence-corrected chi connectivity index (χ4v) is 2.65. The zero-order valence-electron chi connectivity index (χ0n) is 17.2. The van der Waals surface area contributed by atoms with Gasteiger partial charge < -0.3 is 15.0 Å². The van der Waals surface area contributed by atoms with Crippen LogP contribution in [0.1, 0.15) is 28.4 Å². The van der Waals surface area contributed by atoms with Crippen LogP contribution in [0.2, 0.25) is 0 Å². The highest BCUT2D eigenvalue weighted by atomic mass is 16.6. The van der Waals surface area contributed by atoms with Gasteiger partial charge in [-0.2, -0.15) is 0 Å². The maximum atomic E-state index is 12.4. The highest BCUT2D eigenvalue weighted by Crippen LogP contribution is 2.20. The lowest BCUT2D eigenvalue weighted by Gasteiger charge is -2.21. The Morgan fingerprint density at radius 3 is 2.37 bits per heavy atom. The van der Waals surface area contributed by atoms with Gasteiger partial charge in [0.25, 0.3) is 11.6 Å². The van der Waals surface area contributed by atoms with Crippen LogP contribution in [-0.4, -0.2) is 47.3 Å². The molecule has 0 aromatic heterocycles. The number of ether oxygens (including phenoxy) is 1. The molecule has 0 spiro atoms. The van der Waals surface area contributed by atoms with E-state index >= 15 is 0 Å². The Bertz CT molecular complexity index is 971. The molecule has 0 bridgehead atoms. The standard InChI is InChI=1S/C21H23N3O6/c1-13-5-9-17(10-6-13)22-19(25)12-23(4)20(26)15(3)30-21(27)16-8-7-14(2)18(11-16)24(28)29/h5-11,15H,12H2,1-4H3,(H,22,25)/t15-/m1/s1. The zero-order valence-corrected chi connectivity index (χ0v) is 17.2. The molecule has 2 amide bonds. The minimum absolute atomic E-state index is 0.0354. The number of nitro groups is 1. The van der Waals surface area contributed by atoms with Crippen LogP contribution < -0.4 is 5.32 Å². The monoisotopic (exact) mass is 413 g/mol. The van der Waals surface area contributed by atoms with Crippen LogP contribution in [0.15, 0.2) is 42.5 Å². The molecule has 2 rings (SSSR count). The van der Waals surface area contributed by atoms with Crippen molar-refractivity contribution >= 4 is 29.2 Å². The number of carbonyl (C=O) groups is 3. The molecule has 0 aliphatic carbocycles. The lowest BCUT2D eigenvalue weighted by atomic mass is 10.1. The van der Waals surface area contributed by atoms with Crippen LogP contribution in [0.25, 0.3) is 0 Å². The number of nitro benzene ring substituents is 1. The number of anilines is 1. The van der Waals surface area contributed by atoms with Crippen LogP contribution in [0, 0.1) is 24.0 Å². The van der Waals surface area contributed by atoms with E-state index in [9.17, 15) is 24.5 Å². The quantitative estimate of drug-likeness (QED) is 0.423. The smallest absolute Gasteiger partial charge is 0.339 e. The Balaban J connectivity index is 1.95. The average molecular weight is 413 g/mol. The summed E-state index contributed by atoms with van der Waals surface area (Å²) in [5.74, 6) is -1.84. The first-order valence-corrected chi connectivity index (χ1v) is 9.16. The van der Waals surface area contributed by atoms with E-state index < -0.39 is 28.8 Å². The van der Waals surface area contributed by atoms with Gasteiger partial charge in [0.15, 0.2) is 6.10 Å². The van der Waals surface area contributed by atoms with Gasteiger partial charge in [-0.05, 0) is 39.0 Å². The van der Waals surface area contributed by atoms with Crippen molar-refractivity contribution in [2.45, 2.75) is 26.9 Å². The maximum Gasteiger partial charge on any atom is 0.339 e. The summed E-state index contributed by atoms with van der Waals surface area (Å²) >= 11 is 0. The van der Waals surface area contributed by atoms with E-state index in [1.54, 1.807) is 19.1 Å². The van der Waals surface area contributed by atoms with Crippen LogP contribution in [0.5, 0.6) is 0 Å². The molecule has 0 fully saturated rings. The fraction of sp³-hybridized carbons (Fsp3) is 0.286. The minimum Gasteiger partial charge on any atom is -0.449 e. The molecular weight excluding hydrogens is 390 g/mol. The summed E-state index contributed by atoms with van der Waals surface area (Å²) in [6.45, 7) is 4.62. The molecule has 0 saturated heterocycles. The molecule has 1 N–H and O–H groups in total. The molecule has 0 heterocycles. The van der Waals surface area contributed by atoms with Crippen LogP contribution in [0.4, 0.5) is 11.4 Å². The number of esters is 1. The normalized spacial score (nSPS) is 11.3. The van der Waals surface area contributed by atoms with E-state index in [2.05, 4.69) is 5.32 Å². The predicted molar refractivity (Wildman–Crippen MR) is 110 cm³/mol. The molecule has 1 atom stereocenters. The number of hydrogen-bond acceptors (Lipinski definition) is 6. The van der Waals surface area contributed by atoms with Gasteiger partial charge in [0.2, 0.25) is 5.91 Å². The number of carbonyl (C=O) groups excluding carboxylic acids is 3. The van der Waals surface area contributed by atoms with Gasteiger partial charge in [-0.1, -0.05) is 23.8 Å². The first-order valence-electron chi connectivity index (χ1n) is 9.16. The largest absolute Gasteiger partial charge is 0.449 e. The summed E-state index contributed by atoms with van der Waals surface area (Å²) in [5.41, 5.74) is 1.81. The Kier molecular flexibility index (Phi) is 7.24. The van der Waals surface area contributed by atoms with Gasteiger partial charge in [-0.15, -0.1) is 0 Å². The van der Waals surface area contributed by atoms with Gasteiger partial charge in [-0.25, -0.2) is 4.79 Å². The number of nitrogens with one attached hydrogen (secondary N) is 1. The third-order valence-corrected chi connectivity index (χ3v) is 4.37. The highest BCUT2D eigenvalue weighted by Gasteiger charge is 2.24. The Morgan fingerprint density at radius 1 is 1.13 bits per heavy atom. The summed E-state index contributed by atoms with van der Waals surface area (Å²) in [5, 5.41) is 13.7. The number of benzene rings is 2. The van der Waals surface area contributed by atoms with Crippen molar-refractivity contribution in [1.82, 2.24) is 4.90 Å². The Morgan fingerprint density at radius 2 is 1.77 bits per heavy atom. The van der Waals surface area contributed by atoms with Crippen molar-refractivity contribution in [3.8, 4) is 0 Å². The van der Waals surface area contributed by atoms with E-state index in [0.29, 0.717) is 11.3 Å². The third kappa shape index (κ3) is 5.87. The second-order valence-electron chi connectivity index (χ2n) is 6.91. The maximum absolute atomic E-state index is 12.4. The van der Waals surface area contributed by atoms with E-state index in [-0.39, 0.29) is 17.8 Å². The lowest BCUT2D eigenvalue weighted by Crippen LogP contribution is -2.41. The minimum atomic E-state index is -1.17. The fourth-order valence-electron chi connectivity index (χ4n) is 2.65. The van der Waals surface area contributed by atoms with E-state index in [0.717, 1.165) is 16.5 Å². The first kappa shape index (κ1) is 22.5.